The first-order valence-corrected chi connectivity index (χ1v) is 3.06. The van der Waals surface area contributed by atoms with Crippen molar-refractivity contribution in [2.75, 3.05) is 0 Å². The van der Waals surface area contributed by atoms with Crippen molar-refractivity contribution in [2.24, 2.45) is 0 Å². The number of benzene rings is 1. The molecule has 0 aromatic heterocycles. The number of thiol groups is 1. The van der Waals surface area contributed by atoms with Crippen molar-refractivity contribution in [3.05, 3.63) is 29.3 Å². The molecule has 0 atom stereocenters. The van der Waals surface area contributed by atoms with Crippen molar-refractivity contribution in [1.82, 2.24) is 0 Å². The van der Waals surface area contributed by atoms with Crippen LogP contribution in [0, 0.1) is 0 Å². The first-order valence-electron chi connectivity index (χ1n) is 2.23. The van der Waals surface area contributed by atoms with E-state index in [1.54, 1.807) is 0 Å². The van der Waals surface area contributed by atoms with Crippen LogP contribution in [0.1, 0.15) is 0 Å². The molecule has 0 nitrogen and oxygen atoms in total. The van der Waals surface area contributed by atoms with E-state index in [1.807, 2.05) is 24.3 Å². The molecular formula is C6H5ClSZn+2. The second kappa shape index (κ2) is 4.32. The molecule has 0 fully saturated rings. The summed E-state index contributed by atoms with van der Waals surface area (Å²) < 4.78 is 0. The molecule has 0 radical (unpaired) electrons. The molecule has 1 aromatic rings. The van der Waals surface area contributed by atoms with Gasteiger partial charge in [0.2, 0.25) is 0 Å². The molecule has 3 heteroatoms. The quantitative estimate of drug-likeness (QED) is 0.493. The molecule has 0 aliphatic heterocycles. The van der Waals surface area contributed by atoms with E-state index >= 15 is 0 Å². The molecule has 0 bridgehead atoms. The van der Waals surface area contributed by atoms with Gasteiger partial charge in [-0.2, -0.15) is 0 Å². The molecule has 0 N–H and O–H groups in total. The fourth-order valence-corrected chi connectivity index (χ4v) is 0.716. The first kappa shape index (κ1) is 9.48. The summed E-state index contributed by atoms with van der Waals surface area (Å²) in [5, 5.41) is 0.753. The summed E-state index contributed by atoms with van der Waals surface area (Å²) in [4.78, 5) is 0.939. The molecule has 0 saturated carbocycles. The van der Waals surface area contributed by atoms with Crippen LogP contribution in [0.25, 0.3) is 0 Å². The van der Waals surface area contributed by atoms with Crippen molar-refractivity contribution < 1.29 is 19.5 Å². The van der Waals surface area contributed by atoms with E-state index in [-0.39, 0.29) is 19.5 Å². The van der Waals surface area contributed by atoms with Gasteiger partial charge < -0.3 is 0 Å². The summed E-state index contributed by atoms with van der Waals surface area (Å²) >= 11 is 9.65. The van der Waals surface area contributed by atoms with Crippen LogP contribution in [-0.2, 0) is 19.5 Å². The van der Waals surface area contributed by atoms with E-state index < -0.39 is 0 Å². The van der Waals surface area contributed by atoms with Gasteiger partial charge in [0.05, 0.1) is 0 Å². The van der Waals surface area contributed by atoms with Gasteiger partial charge in [-0.05, 0) is 24.3 Å². The van der Waals surface area contributed by atoms with E-state index in [0.29, 0.717) is 0 Å². The topological polar surface area (TPSA) is 0 Å². The SMILES string of the molecule is Sc1ccc(Cl)cc1.[Zn+2]. The zero-order valence-electron chi connectivity index (χ0n) is 4.84. The summed E-state index contributed by atoms with van der Waals surface area (Å²) in [6.45, 7) is 0. The van der Waals surface area contributed by atoms with Crippen LogP contribution in [0.3, 0.4) is 0 Å². The smallest absolute Gasteiger partial charge is 0.143 e. The van der Waals surface area contributed by atoms with E-state index in [2.05, 4.69) is 12.6 Å². The predicted octanol–water partition coefficient (Wildman–Crippen LogP) is 2.63. The molecule has 0 aliphatic carbocycles. The number of halogens is 1. The largest absolute Gasteiger partial charge is 2.00 e. The van der Waals surface area contributed by atoms with Crippen molar-refractivity contribution >= 4 is 24.2 Å². The van der Waals surface area contributed by atoms with Crippen molar-refractivity contribution in [2.45, 2.75) is 4.90 Å². The Labute approximate surface area is 77.8 Å². The second-order valence-corrected chi connectivity index (χ2v) is 2.43. The van der Waals surface area contributed by atoms with Crippen LogP contribution in [-0.4, -0.2) is 0 Å². The van der Waals surface area contributed by atoms with Gasteiger partial charge in [-0.15, -0.1) is 12.6 Å². The maximum atomic E-state index is 5.58. The summed E-state index contributed by atoms with van der Waals surface area (Å²) in [5.41, 5.74) is 0. The number of rotatable bonds is 0. The summed E-state index contributed by atoms with van der Waals surface area (Å²) in [6.07, 6.45) is 0. The zero-order valence-corrected chi connectivity index (χ0v) is 9.46. The van der Waals surface area contributed by atoms with Crippen LogP contribution in [0.5, 0.6) is 0 Å². The van der Waals surface area contributed by atoms with E-state index in [0.717, 1.165) is 9.92 Å². The van der Waals surface area contributed by atoms with Gasteiger partial charge in [0.25, 0.3) is 0 Å². The average molecular weight is 210 g/mol. The summed E-state index contributed by atoms with van der Waals surface area (Å²) in [7, 11) is 0. The normalized spacial score (nSPS) is 8.22. The van der Waals surface area contributed by atoms with Crippen molar-refractivity contribution in [3.63, 3.8) is 0 Å². The van der Waals surface area contributed by atoms with Gasteiger partial charge >= 0.3 is 19.5 Å². The molecule has 0 amide bonds. The monoisotopic (exact) mass is 208 g/mol. The Bertz CT molecular complexity index is 152. The van der Waals surface area contributed by atoms with Gasteiger partial charge in [0, 0.05) is 9.92 Å². The van der Waals surface area contributed by atoms with Gasteiger partial charge in [-0.25, -0.2) is 0 Å². The Kier molecular flexibility index (Phi) is 4.55. The molecule has 42 valence electrons. The second-order valence-electron chi connectivity index (χ2n) is 1.48. The van der Waals surface area contributed by atoms with Crippen LogP contribution in [0.15, 0.2) is 29.2 Å². The third kappa shape index (κ3) is 3.24. The van der Waals surface area contributed by atoms with Crippen LogP contribution in [0.2, 0.25) is 5.02 Å². The molecule has 1 aromatic carbocycles. The van der Waals surface area contributed by atoms with Gasteiger partial charge in [0.1, 0.15) is 0 Å². The molecular weight excluding hydrogens is 205 g/mol. The minimum Gasteiger partial charge on any atom is -0.143 e. The minimum atomic E-state index is 0. The molecule has 0 unspecified atom stereocenters. The van der Waals surface area contributed by atoms with Gasteiger partial charge in [0.15, 0.2) is 0 Å². The molecule has 0 heterocycles. The third-order valence-corrected chi connectivity index (χ3v) is 1.38. The Morgan fingerprint density at radius 2 is 1.56 bits per heavy atom. The van der Waals surface area contributed by atoms with Gasteiger partial charge in [-0.3, -0.25) is 0 Å². The van der Waals surface area contributed by atoms with E-state index in [1.165, 1.54) is 0 Å². The van der Waals surface area contributed by atoms with Crippen LogP contribution in [0.4, 0.5) is 0 Å². The van der Waals surface area contributed by atoms with Crippen LogP contribution >= 0.6 is 24.2 Å². The first-order chi connectivity index (χ1) is 3.79. The number of hydrogen-bond acceptors (Lipinski definition) is 1. The molecule has 0 spiro atoms. The average Bonchev–Trinajstić information content (AvgIpc) is 1.77. The predicted molar refractivity (Wildman–Crippen MR) is 38.7 cm³/mol. The summed E-state index contributed by atoms with van der Waals surface area (Å²) in [6, 6.07) is 7.32. The molecule has 1 rings (SSSR count). The standard InChI is InChI=1S/C6H5ClS.Zn/c7-5-1-3-6(8)4-2-5;/h1-4,8H;/q;+2. The summed E-state index contributed by atoms with van der Waals surface area (Å²) in [5.74, 6) is 0. The van der Waals surface area contributed by atoms with Gasteiger partial charge in [-0.1, -0.05) is 11.6 Å². The molecule has 9 heavy (non-hydrogen) atoms. The fraction of sp³-hybridized carbons (Fsp3) is 0. The Hall–Kier alpha value is 0.483. The Morgan fingerprint density at radius 1 is 1.11 bits per heavy atom. The molecule has 0 saturated heterocycles. The fourth-order valence-electron chi connectivity index (χ4n) is 0.441. The van der Waals surface area contributed by atoms with Crippen molar-refractivity contribution in [3.8, 4) is 0 Å². The molecule has 0 aliphatic rings. The zero-order chi connectivity index (χ0) is 5.98. The van der Waals surface area contributed by atoms with Crippen LogP contribution < -0.4 is 0 Å². The Morgan fingerprint density at radius 3 is 1.89 bits per heavy atom. The Balaban J connectivity index is 0.000000640. The third-order valence-electron chi connectivity index (χ3n) is 0.827. The van der Waals surface area contributed by atoms with E-state index in [9.17, 15) is 0 Å². The minimum absolute atomic E-state index is 0. The van der Waals surface area contributed by atoms with E-state index in [4.69, 9.17) is 11.6 Å². The maximum absolute atomic E-state index is 5.58. The maximum Gasteiger partial charge on any atom is 2.00 e. The van der Waals surface area contributed by atoms with Crippen molar-refractivity contribution in [1.29, 1.82) is 0 Å². The number of hydrogen-bond donors (Lipinski definition) is 1.